The van der Waals surface area contributed by atoms with Crippen LogP contribution in [0.15, 0.2) is 81.5 Å². The molecule has 0 spiro atoms. The number of amides is 1. The molecule has 5 rings (SSSR count). The van der Waals surface area contributed by atoms with Crippen LogP contribution in [0.3, 0.4) is 0 Å². The molecule has 1 saturated heterocycles. The van der Waals surface area contributed by atoms with Gasteiger partial charge in [-0.15, -0.1) is 0 Å². The molecule has 0 bridgehead atoms. The average molecular weight is 443 g/mol. The van der Waals surface area contributed by atoms with Gasteiger partial charge in [0.2, 0.25) is 0 Å². The maximum absolute atomic E-state index is 12.9. The molecule has 1 fully saturated rings. The van der Waals surface area contributed by atoms with Crippen molar-refractivity contribution in [1.29, 1.82) is 0 Å². The van der Waals surface area contributed by atoms with Gasteiger partial charge in [0.1, 0.15) is 5.84 Å². The van der Waals surface area contributed by atoms with Crippen molar-refractivity contribution in [2.45, 2.75) is 35.6 Å². The Bertz CT molecular complexity index is 1170. The summed E-state index contributed by atoms with van der Waals surface area (Å²) in [6, 6.07) is 21.8. The summed E-state index contributed by atoms with van der Waals surface area (Å²) < 4.78 is 0. The van der Waals surface area contributed by atoms with Gasteiger partial charge in [-0.1, -0.05) is 42.1 Å². The molecule has 0 aromatic heterocycles. The average Bonchev–Trinajstić information content (AvgIpc) is 3.00. The van der Waals surface area contributed by atoms with Crippen LogP contribution in [0.1, 0.15) is 40.7 Å². The standard InChI is InChI=1S/C26H26N4OS/c27-20-11-8-18(9-12-20)17-28-26(31)19-10-13-24-22(16-19)29-25(30-14-4-1-5-15-30)21-6-2-3-7-23(21)32-24/h2-3,6-13,16H,1,4-5,14-15,17,27H2,(H,28,31). The normalized spacial score (nSPS) is 15.2. The highest BCUT2D eigenvalue weighted by Gasteiger charge is 2.23. The minimum Gasteiger partial charge on any atom is -0.399 e. The molecule has 0 unspecified atom stereocenters. The summed E-state index contributed by atoms with van der Waals surface area (Å²) in [6.45, 7) is 2.50. The first kappa shape index (κ1) is 20.6. The molecule has 3 aromatic carbocycles. The summed E-state index contributed by atoms with van der Waals surface area (Å²) in [5.74, 6) is 0.914. The Morgan fingerprint density at radius 2 is 1.75 bits per heavy atom. The molecule has 3 N–H and O–H groups in total. The van der Waals surface area contributed by atoms with Gasteiger partial charge in [-0.3, -0.25) is 4.79 Å². The number of nitrogens with zero attached hydrogens (tertiary/aromatic N) is 2. The minimum atomic E-state index is -0.105. The van der Waals surface area contributed by atoms with E-state index in [9.17, 15) is 4.79 Å². The Labute approximate surface area is 192 Å². The number of nitrogen functional groups attached to an aromatic ring is 1. The van der Waals surface area contributed by atoms with Crippen molar-refractivity contribution in [2.75, 3.05) is 18.8 Å². The van der Waals surface area contributed by atoms with Crippen LogP contribution in [-0.4, -0.2) is 29.7 Å². The third-order valence-electron chi connectivity index (χ3n) is 5.88. The van der Waals surface area contributed by atoms with Crippen LogP contribution in [-0.2, 0) is 6.54 Å². The number of anilines is 1. The third-order valence-corrected chi connectivity index (χ3v) is 7.02. The van der Waals surface area contributed by atoms with E-state index in [0.29, 0.717) is 17.8 Å². The number of amidine groups is 1. The molecule has 0 radical (unpaired) electrons. The number of nitrogens with one attached hydrogen (secondary N) is 1. The number of fused-ring (bicyclic) bond motifs is 2. The van der Waals surface area contributed by atoms with Gasteiger partial charge >= 0.3 is 0 Å². The second-order valence-electron chi connectivity index (χ2n) is 8.19. The Balaban J connectivity index is 1.44. The second kappa shape index (κ2) is 9.09. The molecule has 2 aliphatic heterocycles. The maximum Gasteiger partial charge on any atom is 0.251 e. The predicted molar refractivity (Wildman–Crippen MR) is 131 cm³/mol. The van der Waals surface area contributed by atoms with Gasteiger partial charge < -0.3 is 16.0 Å². The van der Waals surface area contributed by atoms with Gasteiger partial charge in [0, 0.05) is 46.2 Å². The number of rotatable bonds is 3. The molecule has 1 amide bonds. The molecule has 0 aliphatic carbocycles. The fourth-order valence-corrected chi connectivity index (χ4v) is 5.13. The lowest BCUT2D eigenvalue weighted by Gasteiger charge is -2.30. The lowest BCUT2D eigenvalue weighted by molar-refractivity contribution is 0.0951. The Morgan fingerprint density at radius 1 is 0.969 bits per heavy atom. The van der Waals surface area contributed by atoms with Crippen molar-refractivity contribution in [2.24, 2.45) is 4.99 Å². The number of benzene rings is 3. The fraction of sp³-hybridized carbons (Fsp3) is 0.231. The highest BCUT2D eigenvalue weighted by molar-refractivity contribution is 7.99. The Hall–Kier alpha value is -3.25. The molecule has 32 heavy (non-hydrogen) atoms. The zero-order valence-corrected chi connectivity index (χ0v) is 18.7. The number of aliphatic imine (C=N–C) groups is 1. The van der Waals surface area contributed by atoms with E-state index >= 15 is 0 Å². The number of carbonyl (C=O) groups excluding carboxylic acids is 1. The largest absolute Gasteiger partial charge is 0.399 e. The number of nitrogens with two attached hydrogens (primary N) is 1. The monoisotopic (exact) mass is 442 g/mol. The lowest BCUT2D eigenvalue weighted by Crippen LogP contribution is -2.36. The quantitative estimate of drug-likeness (QED) is 0.545. The van der Waals surface area contributed by atoms with Gasteiger partial charge in [0.05, 0.1) is 5.69 Å². The molecule has 6 heteroatoms. The van der Waals surface area contributed by atoms with Crippen molar-refractivity contribution in [3.05, 3.63) is 83.4 Å². The molecule has 2 heterocycles. The van der Waals surface area contributed by atoms with Gasteiger partial charge in [-0.2, -0.15) is 0 Å². The predicted octanol–water partition coefficient (Wildman–Crippen LogP) is 5.23. The number of carbonyl (C=O) groups is 1. The SMILES string of the molecule is Nc1ccc(CNC(=O)c2ccc3c(c2)N=C(N2CCCCC2)c2ccccc2S3)cc1. The van der Waals surface area contributed by atoms with Crippen molar-refractivity contribution in [3.8, 4) is 0 Å². The minimum absolute atomic E-state index is 0.105. The summed E-state index contributed by atoms with van der Waals surface area (Å²) in [5, 5.41) is 3.00. The summed E-state index contributed by atoms with van der Waals surface area (Å²) in [4.78, 5) is 22.6. The van der Waals surface area contributed by atoms with E-state index in [-0.39, 0.29) is 5.91 Å². The van der Waals surface area contributed by atoms with E-state index in [2.05, 4.69) is 34.5 Å². The number of hydrogen-bond donors (Lipinski definition) is 2. The van der Waals surface area contributed by atoms with Crippen LogP contribution in [0.4, 0.5) is 11.4 Å². The number of piperidine rings is 1. The molecular weight excluding hydrogens is 416 g/mol. The van der Waals surface area contributed by atoms with Crippen molar-refractivity contribution in [1.82, 2.24) is 10.2 Å². The summed E-state index contributed by atoms with van der Waals surface area (Å²) in [6.07, 6.45) is 3.65. The van der Waals surface area contributed by atoms with E-state index < -0.39 is 0 Å². The maximum atomic E-state index is 12.9. The van der Waals surface area contributed by atoms with Crippen LogP contribution in [0, 0.1) is 0 Å². The summed E-state index contributed by atoms with van der Waals surface area (Å²) >= 11 is 1.72. The Morgan fingerprint density at radius 3 is 2.56 bits per heavy atom. The third kappa shape index (κ3) is 4.36. The van der Waals surface area contributed by atoms with Crippen molar-refractivity contribution >= 4 is 34.9 Å². The Kier molecular flexibility index (Phi) is 5.86. The van der Waals surface area contributed by atoms with Crippen LogP contribution in [0.5, 0.6) is 0 Å². The van der Waals surface area contributed by atoms with E-state index in [1.165, 1.54) is 29.7 Å². The van der Waals surface area contributed by atoms with Crippen LogP contribution in [0.25, 0.3) is 0 Å². The first-order valence-corrected chi connectivity index (χ1v) is 11.9. The van der Waals surface area contributed by atoms with Gasteiger partial charge in [-0.05, 0) is 61.2 Å². The molecule has 162 valence electrons. The summed E-state index contributed by atoms with van der Waals surface area (Å²) in [7, 11) is 0. The molecule has 5 nitrogen and oxygen atoms in total. The molecular formula is C26H26N4OS. The lowest BCUT2D eigenvalue weighted by atomic mass is 10.1. The number of hydrogen-bond acceptors (Lipinski definition) is 5. The second-order valence-corrected chi connectivity index (χ2v) is 9.27. The zero-order valence-electron chi connectivity index (χ0n) is 17.9. The van der Waals surface area contributed by atoms with E-state index in [1.54, 1.807) is 11.8 Å². The highest BCUT2D eigenvalue weighted by Crippen LogP contribution is 2.41. The van der Waals surface area contributed by atoms with Crippen molar-refractivity contribution in [3.63, 3.8) is 0 Å². The highest BCUT2D eigenvalue weighted by atomic mass is 32.2. The van der Waals surface area contributed by atoms with Crippen molar-refractivity contribution < 1.29 is 4.79 Å². The van der Waals surface area contributed by atoms with Crippen LogP contribution in [0.2, 0.25) is 0 Å². The van der Waals surface area contributed by atoms with Gasteiger partial charge in [0.15, 0.2) is 0 Å². The van der Waals surface area contributed by atoms with Gasteiger partial charge in [-0.25, -0.2) is 4.99 Å². The first-order valence-electron chi connectivity index (χ1n) is 11.0. The molecule has 2 aliphatic rings. The van der Waals surface area contributed by atoms with E-state index in [1.807, 2.05) is 42.5 Å². The smallest absolute Gasteiger partial charge is 0.251 e. The first-order chi connectivity index (χ1) is 15.7. The van der Waals surface area contributed by atoms with Gasteiger partial charge in [0.25, 0.3) is 5.91 Å². The van der Waals surface area contributed by atoms with E-state index in [0.717, 1.165) is 35.1 Å². The summed E-state index contributed by atoms with van der Waals surface area (Å²) in [5.41, 5.74) is 10.1. The fourth-order valence-electron chi connectivity index (χ4n) is 4.13. The van der Waals surface area contributed by atoms with E-state index in [4.69, 9.17) is 10.7 Å². The molecule has 0 atom stereocenters. The van der Waals surface area contributed by atoms with Crippen LogP contribution >= 0.6 is 11.8 Å². The molecule has 3 aromatic rings. The topological polar surface area (TPSA) is 70.7 Å². The number of likely N-dealkylation sites (tertiary alicyclic amines) is 1. The zero-order chi connectivity index (χ0) is 21.9. The van der Waals surface area contributed by atoms with Crippen LogP contribution < -0.4 is 11.1 Å². The molecule has 0 saturated carbocycles.